The van der Waals surface area contributed by atoms with Crippen LogP contribution in [0.1, 0.15) is 6.42 Å². The highest BCUT2D eigenvalue weighted by molar-refractivity contribution is 5.80. The van der Waals surface area contributed by atoms with Gasteiger partial charge < -0.3 is 4.74 Å². The number of alkyl halides is 1. The Kier molecular flexibility index (Phi) is 2.00. The highest BCUT2D eigenvalue weighted by Gasteiger charge is 2.12. The lowest BCUT2D eigenvalue weighted by Crippen LogP contribution is -2.30. The highest BCUT2D eigenvalue weighted by atomic mass is 19.1. The predicted molar refractivity (Wildman–Crippen MR) is 32.0 cm³/mol. The molecular weight excluding hydrogens is 123 g/mol. The zero-order valence-corrected chi connectivity index (χ0v) is 5.01. The molecule has 0 aromatic heterocycles. The van der Waals surface area contributed by atoms with Gasteiger partial charge in [-0.25, -0.2) is 4.39 Å². The summed E-state index contributed by atoms with van der Waals surface area (Å²) in [5.41, 5.74) is 4.84. The van der Waals surface area contributed by atoms with Gasteiger partial charge in [0.2, 0.25) is 12.2 Å². The van der Waals surface area contributed by atoms with Crippen LogP contribution in [0.5, 0.6) is 0 Å². The zero-order chi connectivity index (χ0) is 6.69. The fourth-order valence-electron chi connectivity index (χ4n) is 0.643. The molecule has 0 fully saturated rings. The second-order valence-corrected chi connectivity index (χ2v) is 1.82. The van der Waals surface area contributed by atoms with Crippen molar-refractivity contribution in [3.63, 3.8) is 0 Å². The second-order valence-electron chi connectivity index (χ2n) is 1.82. The summed E-state index contributed by atoms with van der Waals surface area (Å²) in [5, 5.41) is 0. The molecule has 9 heavy (non-hydrogen) atoms. The van der Waals surface area contributed by atoms with Crippen molar-refractivity contribution in [2.24, 2.45) is 10.7 Å². The minimum atomic E-state index is -1.54. The van der Waals surface area contributed by atoms with Gasteiger partial charge in [0.05, 0.1) is 6.61 Å². The average molecular weight is 132 g/mol. The van der Waals surface area contributed by atoms with Gasteiger partial charge in [-0.05, 0) is 0 Å². The topological polar surface area (TPSA) is 47.6 Å². The highest BCUT2D eigenvalue weighted by Crippen LogP contribution is 1.99. The molecule has 0 aliphatic carbocycles. The van der Waals surface area contributed by atoms with Crippen molar-refractivity contribution in [2.75, 3.05) is 13.2 Å². The summed E-state index contributed by atoms with van der Waals surface area (Å²) in [7, 11) is 0. The number of aliphatic imine (C=N–C) groups is 1. The van der Waals surface area contributed by atoms with E-state index in [9.17, 15) is 4.39 Å². The molecule has 0 aromatic rings. The molecule has 0 aromatic carbocycles. The molecule has 0 bridgehead atoms. The number of halogens is 1. The maximum absolute atomic E-state index is 12.1. The Hall–Kier alpha value is -0.640. The lowest BCUT2D eigenvalue weighted by Gasteiger charge is -2.13. The number of ether oxygens (including phenoxy) is 1. The van der Waals surface area contributed by atoms with Crippen molar-refractivity contribution in [3.05, 3.63) is 0 Å². The third-order valence-electron chi connectivity index (χ3n) is 1.06. The minimum absolute atomic E-state index is 0.0428. The molecule has 1 heterocycles. The standard InChI is InChI=1S/C5H9FN2O/c6-4(7)5-8-2-1-3-9-5/h4H,1-3,7H2. The van der Waals surface area contributed by atoms with Crippen LogP contribution in [0.3, 0.4) is 0 Å². The Morgan fingerprint density at radius 3 is 2.89 bits per heavy atom. The summed E-state index contributed by atoms with van der Waals surface area (Å²) >= 11 is 0. The summed E-state index contributed by atoms with van der Waals surface area (Å²) in [6.07, 6.45) is -0.679. The molecule has 0 amide bonds. The zero-order valence-electron chi connectivity index (χ0n) is 5.01. The largest absolute Gasteiger partial charge is 0.478 e. The third kappa shape index (κ3) is 1.64. The van der Waals surface area contributed by atoms with Crippen LogP contribution in [0.4, 0.5) is 4.39 Å². The maximum Gasteiger partial charge on any atom is 0.234 e. The second kappa shape index (κ2) is 2.77. The van der Waals surface area contributed by atoms with E-state index >= 15 is 0 Å². The number of rotatable bonds is 1. The van der Waals surface area contributed by atoms with Gasteiger partial charge in [0, 0.05) is 13.0 Å². The number of nitrogens with two attached hydrogens (primary N) is 1. The van der Waals surface area contributed by atoms with Crippen LogP contribution in [0.25, 0.3) is 0 Å². The minimum Gasteiger partial charge on any atom is -0.478 e. The van der Waals surface area contributed by atoms with Crippen LogP contribution in [0.15, 0.2) is 4.99 Å². The fraction of sp³-hybridized carbons (Fsp3) is 0.800. The van der Waals surface area contributed by atoms with Crippen LogP contribution in [-0.4, -0.2) is 25.3 Å². The molecule has 1 rings (SSSR count). The first-order valence-electron chi connectivity index (χ1n) is 2.87. The first kappa shape index (κ1) is 6.48. The molecular formula is C5H9FN2O. The number of hydrogen-bond acceptors (Lipinski definition) is 3. The normalized spacial score (nSPS) is 22.2. The molecule has 4 heteroatoms. The first-order chi connectivity index (χ1) is 4.30. The monoisotopic (exact) mass is 132 g/mol. The van der Waals surface area contributed by atoms with Gasteiger partial charge in [0.25, 0.3) is 0 Å². The molecule has 0 saturated heterocycles. The van der Waals surface area contributed by atoms with Crippen molar-refractivity contribution in [1.29, 1.82) is 0 Å². The van der Waals surface area contributed by atoms with Gasteiger partial charge >= 0.3 is 0 Å². The predicted octanol–water partition coefficient (Wildman–Crippen LogP) is 0.0595. The van der Waals surface area contributed by atoms with E-state index in [1.165, 1.54) is 0 Å². The van der Waals surface area contributed by atoms with Crippen LogP contribution in [0.2, 0.25) is 0 Å². The van der Waals surface area contributed by atoms with E-state index in [-0.39, 0.29) is 5.90 Å². The molecule has 1 aliphatic rings. The van der Waals surface area contributed by atoms with E-state index in [4.69, 9.17) is 10.5 Å². The van der Waals surface area contributed by atoms with Crippen LogP contribution >= 0.6 is 0 Å². The summed E-state index contributed by atoms with van der Waals surface area (Å²) in [4.78, 5) is 3.72. The van der Waals surface area contributed by atoms with Gasteiger partial charge in [-0.3, -0.25) is 10.7 Å². The smallest absolute Gasteiger partial charge is 0.234 e. The van der Waals surface area contributed by atoms with E-state index in [0.29, 0.717) is 13.2 Å². The van der Waals surface area contributed by atoms with Gasteiger partial charge in [0.15, 0.2) is 0 Å². The molecule has 1 atom stereocenters. The first-order valence-corrected chi connectivity index (χ1v) is 2.87. The summed E-state index contributed by atoms with van der Waals surface area (Å²) in [5.74, 6) is 0.0428. The van der Waals surface area contributed by atoms with Crippen molar-refractivity contribution in [3.8, 4) is 0 Å². The van der Waals surface area contributed by atoms with Crippen LogP contribution < -0.4 is 5.73 Å². The van der Waals surface area contributed by atoms with Gasteiger partial charge in [0.1, 0.15) is 0 Å². The van der Waals surface area contributed by atoms with Crippen molar-refractivity contribution in [2.45, 2.75) is 12.7 Å². The molecule has 0 saturated carbocycles. The van der Waals surface area contributed by atoms with E-state index in [0.717, 1.165) is 6.42 Å². The lowest BCUT2D eigenvalue weighted by atomic mass is 10.4. The molecule has 2 N–H and O–H groups in total. The van der Waals surface area contributed by atoms with Crippen molar-refractivity contribution in [1.82, 2.24) is 0 Å². The van der Waals surface area contributed by atoms with E-state index in [1.807, 2.05) is 0 Å². The Labute approximate surface area is 52.7 Å². The molecule has 52 valence electrons. The molecule has 1 aliphatic heterocycles. The molecule has 0 radical (unpaired) electrons. The molecule has 1 unspecified atom stereocenters. The third-order valence-corrected chi connectivity index (χ3v) is 1.06. The summed E-state index contributed by atoms with van der Waals surface area (Å²) < 4.78 is 16.9. The Morgan fingerprint density at radius 1 is 1.78 bits per heavy atom. The quantitative estimate of drug-likeness (QED) is 0.513. The Balaban J connectivity index is 2.46. The van der Waals surface area contributed by atoms with E-state index < -0.39 is 6.30 Å². The SMILES string of the molecule is NC(F)C1=NCCCO1. The van der Waals surface area contributed by atoms with E-state index in [2.05, 4.69) is 4.99 Å². The lowest BCUT2D eigenvalue weighted by molar-refractivity contribution is 0.240. The average Bonchev–Trinajstić information content (AvgIpc) is 1.90. The van der Waals surface area contributed by atoms with Gasteiger partial charge in [-0.2, -0.15) is 0 Å². The number of nitrogens with zero attached hydrogens (tertiary/aromatic N) is 1. The Bertz CT molecular complexity index is 124. The van der Waals surface area contributed by atoms with Crippen LogP contribution in [-0.2, 0) is 4.74 Å². The van der Waals surface area contributed by atoms with E-state index in [1.54, 1.807) is 0 Å². The van der Waals surface area contributed by atoms with Gasteiger partial charge in [-0.15, -0.1) is 0 Å². The Morgan fingerprint density at radius 2 is 2.56 bits per heavy atom. The summed E-state index contributed by atoms with van der Waals surface area (Å²) in [6.45, 7) is 1.17. The van der Waals surface area contributed by atoms with Crippen molar-refractivity contribution >= 4 is 5.90 Å². The van der Waals surface area contributed by atoms with Crippen molar-refractivity contribution < 1.29 is 9.13 Å². The maximum atomic E-state index is 12.1. The van der Waals surface area contributed by atoms with Crippen LogP contribution in [0, 0.1) is 0 Å². The molecule has 0 spiro atoms. The van der Waals surface area contributed by atoms with Gasteiger partial charge in [-0.1, -0.05) is 0 Å². The summed E-state index contributed by atoms with van der Waals surface area (Å²) in [6, 6.07) is 0. The molecule has 3 nitrogen and oxygen atoms in total. The fourth-order valence-corrected chi connectivity index (χ4v) is 0.643. The number of hydrogen-bond donors (Lipinski definition) is 1.